The second-order valence-corrected chi connectivity index (χ2v) is 4.77. The first kappa shape index (κ1) is 15.2. The van der Waals surface area contributed by atoms with Crippen LogP contribution in [0.5, 0.6) is 0 Å². The number of amidine groups is 1. The highest BCUT2D eigenvalue weighted by Gasteiger charge is 2.23. The molecule has 5 nitrogen and oxygen atoms in total. The quantitative estimate of drug-likeness (QED) is 0.216. The Balaban J connectivity index is 3.86. The molecule has 0 unspecified atom stereocenters. The first-order valence-electron chi connectivity index (χ1n) is 5.59. The standard InChI is InChI=1S/C11H25N3O2/c1-11(2,10(12)13-15)6-8-14(3)7-5-9-16-4/h15H,5-9H2,1-4H3,(H2,12,13). The average molecular weight is 231 g/mol. The van der Waals surface area contributed by atoms with Gasteiger partial charge in [-0.15, -0.1) is 0 Å². The van der Waals surface area contributed by atoms with Crippen LogP contribution in [0.4, 0.5) is 0 Å². The minimum atomic E-state index is -0.260. The topological polar surface area (TPSA) is 71.1 Å². The molecule has 0 aromatic heterocycles. The van der Waals surface area contributed by atoms with Crippen LogP contribution >= 0.6 is 0 Å². The van der Waals surface area contributed by atoms with Crippen molar-refractivity contribution < 1.29 is 9.94 Å². The molecule has 0 aliphatic carbocycles. The molecule has 0 radical (unpaired) electrons. The predicted molar refractivity (Wildman–Crippen MR) is 65.8 cm³/mol. The summed E-state index contributed by atoms with van der Waals surface area (Å²) >= 11 is 0. The van der Waals surface area contributed by atoms with Crippen molar-refractivity contribution in [2.45, 2.75) is 26.7 Å². The van der Waals surface area contributed by atoms with Crippen molar-refractivity contribution >= 4 is 5.84 Å². The Labute approximate surface area is 98.2 Å². The first-order chi connectivity index (χ1) is 7.44. The average Bonchev–Trinajstić information content (AvgIpc) is 2.25. The Morgan fingerprint density at radius 2 is 2.06 bits per heavy atom. The lowest BCUT2D eigenvalue weighted by atomic mass is 9.88. The van der Waals surface area contributed by atoms with Crippen LogP contribution in [0.15, 0.2) is 5.16 Å². The van der Waals surface area contributed by atoms with E-state index < -0.39 is 0 Å². The molecule has 0 amide bonds. The summed E-state index contributed by atoms with van der Waals surface area (Å²) in [7, 11) is 3.78. The van der Waals surface area contributed by atoms with E-state index in [0.717, 1.165) is 32.5 Å². The molecule has 0 saturated carbocycles. The number of methoxy groups -OCH3 is 1. The molecule has 3 N–H and O–H groups in total. The van der Waals surface area contributed by atoms with Gasteiger partial charge < -0.3 is 20.6 Å². The molecule has 0 aliphatic heterocycles. The van der Waals surface area contributed by atoms with Gasteiger partial charge in [-0.3, -0.25) is 0 Å². The van der Waals surface area contributed by atoms with Crippen molar-refractivity contribution in [1.29, 1.82) is 0 Å². The van der Waals surface area contributed by atoms with Crippen LogP contribution in [0, 0.1) is 5.41 Å². The van der Waals surface area contributed by atoms with Crippen molar-refractivity contribution in [3.63, 3.8) is 0 Å². The van der Waals surface area contributed by atoms with Gasteiger partial charge in [-0.2, -0.15) is 0 Å². The van der Waals surface area contributed by atoms with E-state index in [1.807, 2.05) is 13.8 Å². The third kappa shape index (κ3) is 5.92. The molecule has 16 heavy (non-hydrogen) atoms. The largest absolute Gasteiger partial charge is 0.409 e. The third-order valence-corrected chi connectivity index (χ3v) is 2.81. The van der Waals surface area contributed by atoms with E-state index in [1.54, 1.807) is 7.11 Å². The van der Waals surface area contributed by atoms with Gasteiger partial charge in [0.1, 0.15) is 5.84 Å². The third-order valence-electron chi connectivity index (χ3n) is 2.81. The summed E-state index contributed by atoms with van der Waals surface area (Å²) < 4.78 is 4.99. The highest BCUT2D eigenvalue weighted by molar-refractivity contribution is 5.85. The van der Waals surface area contributed by atoms with Crippen LogP contribution < -0.4 is 5.73 Å². The molecular weight excluding hydrogens is 206 g/mol. The molecule has 0 spiro atoms. The van der Waals surface area contributed by atoms with Crippen molar-refractivity contribution in [3.05, 3.63) is 0 Å². The maximum absolute atomic E-state index is 8.64. The summed E-state index contributed by atoms with van der Waals surface area (Å²) in [5, 5.41) is 11.7. The van der Waals surface area contributed by atoms with Gasteiger partial charge in [0, 0.05) is 25.7 Å². The minimum Gasteiger partial charge on any atom is -0.409 e. The minimum absolute atomic E-state index is 0.260. The molecule has 0 rings (SSSR count). The van der Waals surface area contributed by atoms with Crippen molar-refractivity contribution in [2.24, 2.45) is 16.3 Å². The summed E-state index contributed by atoms with van der Waals surface area (Å²) in [5.74, 6) is 0.290. The lowest BCUT2D eigenvalue weighted by molar-refractivity contribution is 0.176. The van der Waals surface area contributed by atoms with Crippen molar-refractivity contribution in [2.75, 3.05) is 33.9 Å². The molecule has 0 saturated heterocycles. The monoisotopic (exact) mass is 231 g/mol. The van der Waals surface area contributed by atoms with E-state index in [0.29, 0.717) is 0 Å². The molecule has 0 aromatic rings. The molecule has 5 heteroatoms. The van der Waals surface area contributed by atoms with Crippen LogP contribution in [0.1, 0.15) is 26.7 Å². The number of nitrogens with two attached hydrogens (primary N) is 1. The summed E-state index contributed by atoms with van der Waals surface area (Å²) in [4.78, 5) is 2.23. The van der Waals surface area contributed by atoms with E-state index in [1.165, 1.54) is 0 Å². The maximum Gasteiger partial charge on any atom is 0.144 e. The summed E-state index contributed by atoms with van der Waals surface area (Å²) in [6.07, 6.45) is 1.89. The number of oxime groups is 1. The van der Waals surface area contributed by atoms with Crippen LogP contribution in [0.3, 0.4) is 0 Å². The van der Waals surface area contributed by atoms with Gasteiger partial charge in [-0.1, -0.05) is 19.0 Å². The van der Waals surface area contributed by atoms with E-state index >= 15 is 0 Å². The zero-order valence-electron chi connectivity index (χ0n) is 10.9. The van der Waals surface area contributed by atoms with Gasteiger partial charge >= 0.3 is 0 Å². The molecule has 96 valence electrons. The van der Waals surface area contributed by atoms with Gasteiger partial charge in [0.25, 0.3) is 0 Å². The van der Waals surface area contributed by atoms with Gasteiger partial charge in [0.2, 0.25) is 0 Å². The summed E-state index contributed by atoms with van der Waals surface area (Å²) in [6, 6.07) is 0. The van der Waals surface area contributed by atoms with Crippen LogP contribution in [0.2, 0.25) is 0 Å². The van der Waals surface area contributed by atoms with E-state index in [-0.39, 0.29) is 11.3 Å². The molecule has 0 bridgehead atoms. The fourth-order valence-corrected chi connectivity index (χ4v) is 1.32. The SMILES string of the molecule is COCCCN(C)CCC(C)(C)C(N)=NO. The van der Waals surface area contributed by atoms with E-state index in [4.69, 9.17) is 15.7 Å². The molecule has 0 fully saturated rings. The van der Waals surface area contributed by atoms with Gasteiger partial charge in [-0.25, -0.2) is 0 Å². The van der Waals surface area contributed by atoms with Crippen LogP contribution in [-0.2, 0) is 4.74 Å². The predicted octanol–water partition coefficient (Wildman–Crippen LogP) is 1.12. The van der Waals surface area contributed by atoms with Gasteiger partial charge in [0.05, 0.1) is 0 Å². The number of hydrogen-bond donors (Lipinski definition) is 2. The number of nitrogens with zero attached hydrogens (tertiary/aromatic N) is 2. The van der Waals surface area contributed by atoms with E-state index in [2.05, 4.69) is 17.1 Å². The van der Waals surface area contributed by atoms with Crippen molar-refractivity contribution in [1.82, 2.24) is 4.90 Å². The molecule has 0 heterocycles. The second-order valence-electron chi connectivity index (χ2n) is 4.77. The zero-order valence-corrected chi connectivity index (χ0v) is 10.9. The molecule has 0 aliphatic rings. The number of hydrogen-bond acceptors (Lipinski definition) is 4. The molecule has 0 aromatic carbocycles. The fourth-order valence-electron chi connectivity index (χ4n) is 1.32. The smallest absolute Gasteiger partial charge is 0.144 e. The molecular formula is C11H25N3O2. The Morgan fingerprint density at radius 3 is 2.56 bits per heavy atom. The maximum atomic E-state index is 8.64. The fraction of sp³-hybridized carbons (Fsp3) is 0.909. The summed E-state index contributed by atoms with van der Waals surface area (Å²) in [6.45, 7) is 6.66. The van der Waals surface area contributed by atoms with Crippen LogP contribution in [-0.4, -0.2) is 49.8 Å². The lowest BCUT2D eigenvalue weighted by Crippen LogP contribution is -2.35. The number of ether oxygens (including phenoxy) is 1. The van der Waals surface area contributed by atoms with Crippen molar-refractivity contribution in [3.8, 4) is 0 Å². The normalized spacial score (nSPS) is 13.4. The Morgan fingerprint density at radius 1 is 1.44 bits per heavy atom. The number of rotatable bonds is 8. The first-order valence-corrected chi connectivity index (χ1v) is 5.59. The highest BCUT2D eigenvalue weighted by atomic mass is 16.5. The van der Waals surface area contributed by atoms with Crippen LogP contribution in [0.25, 0.3) is 0 Å². The van der Waals surface area contributed by atoms with Gasteiger partial charge in [-0.05, 0) is 26.4 Å². The molecule has 0 atom stereocenters. The van der Waals surface area contributed by atoms with E-state index in [9.17, 15) is 0 Å². The lowest BCUT2D eigenvalue weighted by Gasteiger charge is -2.26. The zero-order chi connectivity index (χ0) is 12.6. The Bertz CT molecular complexity index is 217. The highest BCUT2D eigenvalue weighted by Crippen LogP contribution is 2.20. The second kappa shape index (κ2) is 7.46. The van der Waals surface area contributed by atoms with Gasteiger partial charge in [0.15, 0.2) is 0 Å². The summed E-state index contributed by atoms with van der Waals surface area (Å²) in [5.41, 5.74) is 5.36. The Kier molecular flexibility index (Phi) is 7.08. The Hall–Kier alpha value is -0.810.